The summed E-state index contributed by atoms with van der Waals surface area (Å²) in [4.78, 5) is 1.41. The first-order valence-electron chi connectivity index (χ1n) is 6.15. The minimum atomic E-state index is 0.132. The number of thiophene rings is 1. The van der Waals surface area contributed by atoms with Crippen molar-refractivity contribution in [3.63, 3.8) is 0 Å². The van der Waals surface area contributed by atoms with Crippen LogP contribution < -0.4 is 4.74 Å². The maximum atomic E-state index is 5.47. The Morgan fingerprint density at radius 1 is 1.10 bits per heavy atom. The van der Waals surface area contributed by atoms with Crippen molar-refractivity contribution in [3.8, 4) is 5.75 Å². The van der Waals surface area contributed by atoms with Gasteiger partial charge in [0, 0.05) is 19.6 Å². The van der Waals surface area contributed by atoms with Gasteiger partial charge in [0.25, 0.3) is 0 Å². The second kappa shape index (κ2) is 5.88. The molecule has 0 aliphatic rings. The van der Waals surface area contributed by atoms with Gasteiger partial charge in [-0.05, 0) is 35.7 Å². The number of fused-ring (bicyclic) bond motifs is 1. The zero-order chi connectivity index (χ0) is 14.1. The predicted octanol–water partition coefficient (Wildman–Crippen LogP) is 6.16. The third-order valence-corrected chi connectivity index (χ3v) is 6.12. The summed E-state index contributed by atoms with van der Waals surface area (Å²) in [5.74, 6) is 0.896. The van der Waals surface area contributed by atoms with Crippen molar-refractivity contribution in [2.45, 2.75) is 4.83 Å². The van der Waals surface area contributed by atoms with Crippen LogP contribution in [0.5, 0.6) is 5.75 Å². The highest BCUT2D eigenvalue weighted by molar-refractivity contribution is 9.10. The van der Waals surface area contributed by atoms with Crippen LogP contribution in [-0.2, 0) is 0 Å². The second-order valence-electron chi connectivity index (χ2n) is 4.44. The molecule has 0 saturated carbocycles. The zero-order valence-corrected chi connectivity index (χ0v) is 14.8. The highest BCUT2D eigenvalue weighted by atomic mass is 79.9. The molecule has 20 heavy (non-hydrogen) atoms. The van der Waals surface area contributed by atoms with Crippen molar-refractivity contribution < 1.29 is 4.74 Å². The molecule has 0 aliphatic carbocycles. The number of halogens is 2. The molecule has 4 heteroatoms. The van der Waals surface area contributed by atoms with E-state index in [1.807, 2.05) is 23.5 Å². The van der Waals surface area contributed by atoms with Crippen molar-refractivity contribution in [1.29, 1.82) is 0 Å². The molecule has 1 nitrogen and oxygen atoms in total. The van der Waals surface area contributed by atoms with E-state index in [0.29, 0.717) is 0 Å². The molecule has 0 radical (unpaired) electrons. The topological polar surface area (TPSA) is 9.23 Å². The molecule has 3 aromatic rings. The maximum absolute atomic E-state index is 5.47. The Morgan fingerprint density at radius 2 is 1.90 bits per heavy atom. The van der Waals surface area contributed by atoms with Gasteiger partial charge in [-0.15, -0.1) is 11.3 Å². The lowest BCUT2D eigenvalue weighted by molar-refractivity contribution is 0.410. The summed E-state index contributed by atoms with van der Waals surface area (Å²) in [6, 6.07) is 16.8. The summed E-state index contributed by atoms with van der Waals surface area (Å²) >= 11 is 9.14. The SMILES string of the molecule is COc1ccc(Br)cc1C(Br)c1cc2ccccc2s1. The molecule has 0 aliphatic heterocycles. The molecule has 0 fully saturated rings. The number of ether oxygens (including phenoxy) is 1. The summed E-state index contributed by atoms with van der Waals surface area (Å²) in [6.07, 6.45) is 0. The number of benzene rings is 2. The number of hydrogen-bond donors (Lipinski definition) is 0. The van der Waals surface area contributed by atoms with Gasteiger partial charge in [0.2, 0.25) is 0 Å². The van der Waals surface area contributed by atoms with E-state index in [1.54, 1.807) is 7.11 Å². The highest BCUT2D eigenvalue weighted by Gasteiger charge is 2.18. The summed E-state index contributed by atoms with van der Waals surface area (Å²) in [5.41, 5.74) is 1.13. The fourth-order valence-electron chi connectivity index (χ4n) is 2.18. The van der Waals surface area contributed by atoms with Gasteiger partial charge in [-0.3, -0.25) is 0 Å². The normalized spacial score (nSPS) is 12.6. The van der Waals surface area contributed by atoms with Crippen molar-refractivity contribution in [3.05, 3.63) is 63.4 Å². The molecule has 0 amide bonds. The Labute approximate surface area is 138 Å². The summed E-state index contributed by atoms with van der Waals surface area (Å²) in [6.45, 7) is 0. The van der Waals surface area contributed by atoms with Crippen molar-refractivity contribution in [2.24, 2.45) is 0 Å². The number of rotatable bonds is 3. The van der Waals surface area contributed by atoms with Crippen LogP contribution in [-0.4, -0.2) is 7.11 Å². The summed E-state index contributed by atoms with van der Waals surface area (Å²) < 4.78 is 7.83. The third kappa shape index (κ3) is 2.65. The Morgan fingerprint density at radius 3 is 2.65 bits per heavy atom. The monoisotopic (exact) mass is 410 g/mol. The lowest BCUT2D eigenvalue weighted by atomic mass is 10.1. The van der Waals surface area contributed by atoms with Crippen LogP contribution in [0.2, 0.25) is 0 Å². The maximum Gasteiger partial charge on any atom is 0.123 e. The smallest absolute Gasteiger partial charge is 0.123 e. The van der Waals surface area contributed by atoms with Gasteiger partial charge >= 0.3 is 0 Å². The minimum absolute atomic E-state index is 0.132. The zero-order valence-electron chi connectivity index (χ0n) is 10.8. The molecule has 102 valence electrons. The minimum Gasteiger partial charge on any atom is -0.496 e. The molecule has 0 N–H and O–H groups in total. The van der Waals surface area contributed by atoms with Crippen LogP contribution in [0.4, 0.5) is 0 Å². The molecular weight excluding hydrogens is 400 g/mol. The Hall–Kier alpha value is -0.840. The largest absolute Gasteiger partial charge is 0.496 e. The lowest BCUT2D eigenvalue weighted by Gasteiger charge is -2.13. The fraction of sp³-hybridized carbons (Fsp3) is 0.125. The fourth-order valence-corrected chi connectivity index (χ4v) is 4.39. The van der Waals surface area contributed by atoms with E-state index in [0.717, 1.165) is 15.8 Å². The molecule has 2 aromatic carbocycles. The van der Waals surface area contributed by atoms with Crippen LogP contribution in [0.15, 0.2) is 53.0 Å². The molecule has 3 rings (SSSR count). The number of methoxy groups -OCH3 is 1. The van der Waals surface area contributed by atoms with E-state index in [2.05, 4.69) is 68.3 Å². The molecule has 1 atom stereocenters. The highest BCUT2D eigenvalue weighted by Crippen LogP contribution is 2.42. The van der Waals surface area contributed by atoms with Gasteiger partial charge in [-0.1, -0.05) is 50.1 Å². The van der Waals surface area contributed by atoms with Gasteiger partial charge in [0.1, 0.15) is 5.75 Å². The van der Waals surface area contributed by atoms with E-state index >= 15 is 0 Å². The summed E-state index contributed by atoms with van der Waals surface area (Å²) in [5, 5.41) is 1.28. The van der Waals surface area contributed by atoms with Gasteiger partial charge in [0.05, 0.1) is 11.9 Å². The number of hydrogen-bond acceptors (Lipinski definition) is 2. The molecule has 1 unspecified atom stereocenters. The first-order chi connectivity index (χ1) is 9.69. The first-order valence-corrected chi connectivity index (χ1v) is 8.67. The average Bonchev–Trinajstić information content (AvgIpc) is 2.90. The van der Waals surface area contributed by atoms with E-state index in [-0.39, 0.29) is 4.83 Å². The van der Waals surface area contributed by atoms with Crippen LogP contribution >= 0.6 is 43.2 Å². The Kier molecular flexibility index (Phi) is 4.15. The lowest BCUT2D eigenvalue weighted by Crippen LogP contribution is -1.95. The molecule has 0 bridgehead atoms. The van der Waals surface area contributed by atoms with Crippen LogP contribution in [0.3, 0.4) is 0 Å². The Balaban J connectivity index is 2.07. The predicted molar refractivity (Wildman–Crippen MR) is 93.3 cm³/mol. The number of alkyl halides is 1. The molecule has 1 heterocycles. The molecular formula is C16H12Br2OS. The van der Waals surface area contributed by atoms with E-state index in [4.69, 9.17) is 4.74 Å². The summed E-state index contributed by atoms with van der Waals surface area (Å²) in [7, 11) is 1.71. The standard InChI is InChI=1S/C16H12Br2OS/c1-19-13-7-6-11(17)9-12(13)16(18)15-8-10-4-2-3-5-14(10)20-15/h2-9,16H,1H3. The average molecular weight is 412 g/mol. The van der Waals surface area contributed by atoms with Crippen molar-refractivity contribution in [1.82, 2.24) is 0 Å². The molecule has 0 saturated heterocycles. The Bertz CT molecular complexity index is 718. The molecule has 1 aromatic heterocycles. The third-order valence-electron chi connectivity index (χ3n) is 3.16. The van der Waals surface area contributed by atoms with E-state index in [9.17, 15) is 0 Å². The van der Waals surface area contributed by atoms with Crippen LogP contribution in [0.25, 0.3) is 10.1 Å². The van der Waals surface area contributed by atoms with Gasteiger partial charge in [0.15, 0.2) is 0 Å². The van der Waals surface area contributed by atoms with E-state index in [1.165, 1.54) is 15.0 Å². The van der Waals surface area contributed by atoms with Crippen LogP contribution in [0.1, 0.15) is 15.3 Å². The van der Waals surface area contributed by atoms with Gasteiger partial charge in [-0.2, -0.15) is 0 Å². The van der Waals surface area contributed by atoms with Crippen LogP contribution in [0, 0.1) is 0 Å². The molecule has 0 spiro atoms. The van der Waals surface area contributed by atoms with Crippen molar-refractivity contribution in [2.75, 3.05) is 7.11 Å². The second-order valence-corrected chi connectivity index (χ2v) is 7.38. The first kappa shape index (κ1) is 14.1. The van der Waals surface area contributed by atoms with Crippen molar-refractivity contribution >= 4 is 53.3 Å². The van der Waals surface area contributed by atoms with Gasteiger partial charge < -0.3 is 4.74 Å². The van der Waals surface area contributed by atoms with Gasteiger partial charge in [-0.25, -0.2) is 0 Å². The van der Waals surface area contributed by atoms with E-state index < -0.39 is 0 Å². The quantitative estimate of drug-likeness (QED) is 0.469.